The second kappa shape index (κ2) is 11.3. The topological polar surface area (TPSA) is 102 Å². The molecule has 3 aromatic rings. The Morgan fingerprint density at radius 2 is 0.970 bits per heavy atom. The number of benzene rings is 3. The van der Waals surface area contributed by atoms with E-state index in [1.165, 1.54) is 36.4 Å². The van der Waals surface area contributed by atoms with Gasteiger partial charge in [0.25, 0.3) is 0 Å². The molecule has 0 saturated carbocycles. The molecule has 0 bridgehead atoms. The van der Waals surface area contributed by atoms with Gasteiger partial charge in [0.2, 0.25) is 19.7 Å². The average Bonchev–Trinajstić information content (AvgIpc) is 2.84. The van der Waals surface area contributed by atoms with Crippen molar-refractivity contribution in [1.29, 1.82) is 0 Å². The lowest BCUT2D eigenvalue weighted by Gasteiger charge is -1.96. The van der Waals surface area contributed by atoms with Gasteiger partial charge in [0.1, 0.15) is 0 Å². The monoisotopic (exact) mass is 498 g/mol. The van der Waals surface area contributed by atoms with Crippen LogP contribution in [-0.2, 0) is 29.5 Å². The minimum atomic E-state index is -3.75. The molecular weight excluding hydrogens is 480 g/mol. The van der Waals surface area contributed by atoms with Crippen LogP contribution in [0.4, 0.5) is 0 Å². The Morgan fingerprint density at radius 3 is 1.39 bits per heavy atom. The number of rotatable bonds is 4. The van der Waals surface area contributed by atoms with Gasteiger partial charge in [-0.25, -0.2) is 25.3 Å². The van der Waals surface area contributed by atoms with Gasteiger partial charge in [-0.1, -0.05) is 60.5 Å². The van der Waals surface area contributed by atoms with Crippen molar-refractivity contribution in [1.82, 2.24) is 0 Å². The normalized spacial score (nSPS) is 11.4. The summed E-state index contributed by atoms with van der Waals surface area (Å²) in [5, 5.41) is 4.68. The first-order chi connectivity index (χ1) is 15.6. The van der Waals surface area contributed by atoms with Gasteiger partial charge in [-0.2, -0.15) is 0 Å². The third-order valence-corrected chi connectivity index (χ3v) is 7.76. The molecule has 0 aliphatic rings. The summed E-state index contributed by atoms with van der Waals surface area (Å²) in [5.41, 5.74) is 0. The molecule has 3 aromatic carbocycles. The lowest BCUT2D eigenvalue weighted by molar-refractivity contribution is 0.603. The van der Waals surface area contributed by atoms with Crippen molar-refractivity contribution in [3.05, 3.63) is 102 Å². The summed E-state index contributed by atoms with van der Waals surface area (Å²) in [6, 6.07) is 23.5. The van der Waals surface area contributed by atoms with Crippen LogP contribution in [0.25, 0.3) is 0 Å². The summed E-state index contributed by atoms with van der Waals surface area (Å²) in [6.45, 7) is 0. The highest BCUT2D eigenvalue weighted by Crippen LogP contribution is 2.11. The maximum absolute atomic E-state index is 11.9. The molecule has 6 nitrogen and oxygen atoms in total. The van der Waals surface area contributed by atoms with E-state index in [4.69, 9.17) is 6.42 Å². The molecule has 0 aliphatic carbocycles. The SMILES string of the molecule is C#CS(=O)(=O)c1ccccc1.O=S(=O)(C#C/C=C/S(=O)(=O)c1ccccc1)c1ccccc1. The van der Waals surface area contributed by atoms with Crippen LogP contribution in [-0.4, -0.2) is 25.3 Å². The molecule has 33 heavy (non-hydrogen) atoms. The van der Waals surface area contributed by atoms with E-state index in [-0.39, 0.29) is 14.7 Å². The van der Waals surface area contributed by atoms with E-state index in [9.17, 15) is 25.3 Å². The summed E-state index contributed by atoms with van der Waals surface area (Å²) in [5.74, 6) is 2.25. The Morgan fingerprint density at radius 1 is 0.576 bits per heavy atom. The van der Waals surface area contributed by atoms with Gasteiger partial charge in [0, 0.05) is 22.0 Å². The molecule has 0 aliphatic heterocycles. The zero-order chi connectivity index (χ0) is 24.4. The van der Waals surface area contributed by atoms with Crippen LogP contribution >= 0.6 is 0 Å². The molecule has 9 heteroatoms. The third-order valence-electron chi connectivity index (χ3n) is 3.86. The molecule has 0 N–H and O–H groups in total. The predicted octanol–water partition coefficient (Wildman–Crippen LogP) is 3.46. The standard InChI is InChI=1S/C16H12O4S2.C8H6O2S/c17-21(18,15-9-3-1-4-10-15)13-7-8-14-22(19,20)16-11-5-2-6-12-16;1-2-11(9,10)8-6-4-3-5-7-8/h1-7,9-13H;1,3-7H/b13-7+;. The van der Waals surface area contributed by atoms with Crippen molar-refractivity contribution in [3.8, 4) is 22.8 Å². The number of allylic oxidation sites excluding steroid dienone is 1. The first-order valence-electron chi connectivity index (χ1n) is 9.15. The van der Waals surface area contributed by atoms with Gasteiger partial charge in [0.15, 0.2) is 9.84 Å². The van der Waals surface area contributed by atoms with Crippen molar-refractivity contribution in [2.24, 2.45) is 0 Å². The number of sulfone groups is 3. The fourth-order valence-corrected chi connectivity index (χ4v) is 4.70. The third kappa shape index (κ3) is 7.78. The van der Waals surface area contributed by atoms with Gasteiger partial charge >= 0.3 is 0 Å². The van der Waals surface area contributed by atoms with Gasteiger partial charge in [-0.15, -0.1) is 6.42 Å². The molecule has 168 valence electrons. The smallest absolute Gasteiger partial charge is 0.219 e. The van der Waals surface area contributed by atoms with Crippen LogP contribution in [0.2, 0.25) is 0 Å². The van der Waals surface area contributed by atoms with E-state index in [1.807, 2.05) is 0 Å². The van der Waals surface area contributed by atoms with Crippen LogP contribution in [0, 0.1) is 22.8 Å². The zero-order valence-corrected chi connectivity index (χ0v) is 19.5. The molecule has 0 unspecified atom stereocenters. The molecule has 0 heterocycles. The molecule has 0 fully saturated rings. The second-order valence-corrected chi connectivity index (χ2v) is 11.4. The summed E-state index contributed by atoms with van der Waals surface area (Å²) < 4.78 is 69.5. The van der Waals surface area contributed by atoms with Gasteiger partial charge in [0.05, 0.1) is 14.7 Å². The summed E-state index contributed by atoms with van der Waals surface area (Å²) in [6.07, 6.45) is 5.82. The van der Waals surface area contributed by atoms with Crippen LogP contribution in [0.3, 0.4) is 0 Å². The molecular formula is C24H18O6S3. The van der Waals surface area contributed by atoms with Gasteiger partial charge in [-0.3, -0.25) is 0 Å². The highest BCUT2D eigenvalue weighted by molar-refractivity contribution is 7.96. The van der Waals surface area contributed by atoms with Crippen LogP contribution in [0.5, 0.6) is 0 Å². The Hall–Kier alpha value is -3.63. The van der Waals surface area contributed by atoms with Crippen LogP contribution < -0.4 is 0 Å². The Balaban J connectivity index is 0.000000294. The summed E-state index contributed by atoms with van der Waals surface area (Å²) >= 11 is 0. The molecule has 0 saturated heterocycles. The van der Waals surface area contributed by atoms with Crippen LogP contribution in [0.1, 0.15) is 0 Å². The maximum atomic E-state index is 11.9. The average molecular weight is 499 g/mol. The van der Waals surface area contributed by atoms with Crippen molar-refractivity contribution < 1.29 is 25.3 Å². The van der Waals surface area contributed by atoms with Crippen molar-refractivity contribution in [2.45, 2.75) is 14.7 Å². The quantitative estimate of drug-likeness (QED) is 0.403. The highest BCUT2D eigenvalue weighted by Gasteiger charge is 2.10. The molecule has 0 spiro atoms. The van der Waals surface area contributed by atoms with E-state index in [2.05, 4.69) is 11.2 Å². The van der Waals surface area contributed by atoms with Gasteiger partial charge < -0.3 is 0 Å². The minimum absolute atomic E-state index is 0.0711. The molecule has 0 amide bonds. The Kier molecular flexibility index (Phi) is 8.78. The largest absolute Gasteiger partial charge is 0.245 e. The molecule has 3 rings (SSSR count). The first kappa shape index (κ1) is 25.6. The highest BCUT2D eigenvalue weighted by atomic mass is 32.2. The summed E-state index contributed by atoms with van der Waals surface area (Å²) in [4.78, 5) is 0.364. The fraction of sp³-hybridized carbons (Fsp3) is 0. The molecule has 0 radical (unpaired) electrons. The zero-order valence-electron chi connectivity index (χ0n) is 17.1. The molecule has 0 atom stereocenters. The second-order valence-electron chi connectivity index (χ2n) is 6.16. The van der Waals surface area contributed by atoms with E-state index in [0.29, 0.717) is 0 Å². The van der Waals surface area contributed by atoms with Crippen molar-refractivity contribution >= 4 is 29.5 Å². The lowest BCUT2D eigenvalue weighted by atomic mass is 10.4. The van der Waals surface area contributed by atoms with E-state index in [1.54, 1.807) is 59.8 Å². The van der Waals surface area contributed by atoms with Gasteiger partial charge in [-0.05, 0) is 36.4 Å². The maximum Gasteiger partial charge on any atom is 0.245 e. The van der Waals surface area contributed by atoms with Crippen LogP contribution in [0.15, 0.2) is 117 Å². The number of hydrogen-bond donors (Lipinski definition) is 0. The number of terminal acetylenes is 1. The van der Waals surface area contributed by atoms with E-state index >= 15 is 0 Å². The van der Waals surface area contributed by atoms with E-state index < -0.39 is 29.5 Å². The lowest BCUT2D eigenvalue weighted by Crippen LogP contribution is -1.96. The first-order valence-corrected chi connectivity index (χ1v) is 13.7. The minimum Gasteiger partial charge on any atom is -0.219 e. The Bertz CT molecular complexity index is 1520. The van der Waals surface area contributed by atoms with Crippen molar-refractivity contribution in [2.75, 3.05) is 0 Å². The van der Waals surface area contributed by atoms with Crippen molar-refractivity contribution in [3.63, 3.8) is 0 Å². The fourth-order valence-electron chi connectivity index (χ4n) is 2.25. The summed E-state index contributed by atoms with van der Waals surface area (Å²) in [7, 11) is -10.8. The predicted molar refractivity (Wildman–Crippen MR) is 127 cm³/mol. The Labute approximate surface area is 194 Å². The van der Waals surface area contributed by atoms with E-state index in [0.717, 1.165) is 11.5 Å². The molecule has 0 aromatic heterocycles. The number of hydrogen-bond acceptors (Lipinski definition) is 6.